The van der Waals surface area contributed by atoms with Crippen LogP contribution in [0.1, 0.15) is 0 Å². The van der Waals surface area contributed by atoms with Crippen LogP contribution in [0.15, 0.2) is 0 Å². The summed E-state index contributed by atoms with van der Waals surface area (Å²) >= 11 is 0.956. The Balaban J connectivity index is 2.40. The van der Waals surface area contributed by atoms with E-state index in [-0.39, 0.29) is 11.5 Å². The van der Waals surface area contributed by atoms with Gasteiger partial charge < -0.3 is 15.7 Å². The second-order valence-electron chi connectivity index (χ2n) is 4.21. The van der Waals surface area contributed by atoms with Gasteiger partial charge in [0.2, 0.25) is 5.91 Å². The Morgan fingerprint density at radius 2 is 1.85 bits per heavy atom. The van der Waals surface area contributed by atoms with E-state index in [1.54, 1.807) is 0 Å². The highest BCUT2D eigenvalue weighted by atomic mass is 32.2. The largest absolute Gasteiger partial charge is 0.492 e. The van der Waals surface area contributed by atoms with Crippen LogP contribution < -0.4 is 5.73 Å². The molecule has 0 aliphatic carbocycles. The van der Waals surface area contributed by atoms with Crippen molar-refractivity contribution in [2.75, 3.05) is 24.6 Å². The minimum atomic E-state index is -2.32. The Kier molecular flexibility index (Phi) is 4.83. The summed E-state index contributed by atoms with van der Waals surface area (Å²) in [7, 11) is 0. The van der Waals surface area contributed by atoms with Gasteiger partial charge in [-0.1, -0.05) is 0 Å². The van der Waals surface area contributed by atoms with Gasteiger partial charge in [-0.05, 0) is 0 Å². The topological polar surface area (TPSA) is 170 Å². The van der Waals surface area contributed by atoms with Gasteiger partial charge in [0.15, 0.2) is 13.1 Å². The molecule has 0 radical (unpaired) electrons. The first-order chi connectivity index (χ1) is 9.20. The van der Waals surface area contributed by atoms with Crippen LogP contribution in [0.3, 0.4) is 0 Å². The molecule has 0 saturated carbocycles. The molecule has 0 bridgehead atoms. The van der Waals surface area contributed by atoms with E-state index in [2.05, 4.69) is 0 Å². The van der Waals surface area contributed by atoms with Crippen LogP contribution in [-0.2, 0) is 9.59 Å². The molecule has 1 aliphatic heterocycles. The lowest BCUT2D eigenvalue weighted by Crippen LogP contribution is -2.71. The van der Waals surface area contributed by atoms with Crippen molar-refractivity contribution >= 4 is 23.6 Å². The smallest absolute Gasteiger partial charge is 0.480 e. The molecule has 1 amide bonds. The number of nitro groups is 2. The van der Waals surface area contributed by atoms with Crippen molar-refractivity contribution in [1.82, 2.24) is 4.90 Å². The van der Waals surface area contributed by atoms with Crippen LogP contribution in [0.25, 0.3) is 0 Å². The Hall–Kier alpha value is -1.95. The molecule has 1 atom stereocenters. The zero-order chi connectivity index (χ0) is 15.5. The SMILES string of the molecule is N[C@@H](CSCC(=O)N1CC([N+](=O)[O-])([N+](=O)[O-])C1)C(=O)O. The molecule has 1 saturated heterocycles. The van der Waals surface area contributed by atoms with E-state index in [0.29, 0.717) is 0 Å². The zero-order valence-electron chi connectivity index (χ0n) is 10.1. The molecule has 1 fully saturated rings. The quantitative estimate of drug-likeness (QED) is 0.313. The number of likely N-dealkylation sites (tertiary alicyclic amines) is 1. The average Bonchev–Trinajstić information content (AvgIpc) is 2.25. The number of carboxylic acid groups (broad SMARTS) is 1. The molecule has 0 aromatic carbocycles. The highest BCUT2D eigenvalue weighted by Crippen LogP contribution is 2.25. The van der Waals surface area contributed by atoms with Crippen molar-refractivity contribution in [1.29, 1.82) is 0 Å². The molecular weight excluding hydrogens is 296 g/mol. The third-order valence-corrected chi connectivity index (χ3v) is 3.81. The first kappa shape index (κ1) is 16.1. The van der Waals surface area contributed by atoms with Crippen LogP contribution in [0, 0.1) is 20.2 Å². The monoisotopic (exact) mass is 308 g/mol. The molecule has 0 aromatic rings. The Bertz CT molecular complexity index is 434. The second-order valence-corrected chi connectivity index (χ2v) is 5.24. The molecule has 11 nitrogen and oxygen atoms in total. The summed E-state index contributed by atoms with van der Waals surface area (Å²) in [5.74, 6) is -1.85. The predicted molar refractivity (Wildman–Crippen MR) is 66.2 cm³/mol. The lowest BCUT2D eigenvalue weighted by atomic mass is 10.0. The minimum absolute atomic E-state index is 0.00449. The summed E-state index contributed by atoms with van der Waals surface area (Å²) in [4.78, 5) is 42.2. The maximum atomic E-state index is 11.6. The molecule has 1 rings (SSSR count). The molecule has 0 aromatic heterocycles. The van der Waals surface area contributed by atoms with Gasteiger partial charge in [0.25, 0.3) is 0 Å². The summed E-state index contributed by atoms with van der Waals surface area (Å²) in [6.07, 6.45) is 0. The number of hydrogen-bond donors (Lipinski definition) is 2. The Morgan fingerprint density at radius 3 is 2.25 bits per heavy atom. The predicted octanol–water partition coefficient (Wildman–Crippen LogP) is -1.78. The molecule has 20 heavy (non-hydrogen) atoms. The molecule has 112 valence electrons. The molecule has 0 unspecified atom stereocenters. The number of nitrogens with two attached hydrogens (primary N) is 1. The summed E-state index contributed by atoms with van der Waals surface area (Å²) in [5, 5.41) is 29.8. The van der Waals surface area contributed by atoms with E-state index in [0.717, 1.165) is 16.7 Å². The van der Waals surface area contributed by atoms with Crippen LogP contribution in [-0.4, -0.2) is 68.0 Å². The molecule has 3 N–H and O–H groups in total. The summed E-state index contributed by atoms with van der Waals surface area (Å²) in [6.45, 7) is -1.17. The number of amides is 1. The van der Waals surface area contributed by atoms with E-state index in [9.17, 15) is 29.8 Å². The van der Waals surface area contributed by atoms with E-state index in [1.165, 1.54) is 0 Å². The van der Waals surface area contributed by atoms with E-state index >= 15 is 0 Å². The van der Waals surface area contributed by atoms with Gasteiger partial charge in [0.1, 0.15) is 15.9 Å². The molecule has 0 spiro atoms. The molecule has 1 heterocycles. The van der Waals surface area contributed by atoms with E-state index in [1.807, 2.05) is 0 Å². The van der Waals surface area contributed by atoms with Crippen LogP contribution in [0.2, 0.25) is 0 Å². The molecular formula is C8H12N4O7S. The zero-order valence-corrected chi connectivity index (χ0v) is 10.9. The normalized spacial score (nSPS) is 17.9. The first-order valence-electron chi connectivity index (χ1n) is 5.33. The van der Waals surface area contributed by atoms with Gasteiger partial charge in [-0.15, -0.1) is 11.8 Å². The van der Waals surface area contributed by atoms with Gasteiger partial charge >= 0.3 is 11.6 Å². The van der Waals surface area contributed by atoms with Crippen LogP contribution in [0.4, 0.5) is 0 Å². The summed E-state index contributed by atoms with van der Waals surface area (Å²) in [5.41, 5.74) is 2.90. The standard InChI is InChI=1S/C8H12N4O7S/c9-5(7(14)15)1-20-2-6(13)10-3-8(4-10,11(16)17)12(18)19/h5H,1-4,9H2,(H,14,15)/t5-/m0/s1. The lowest BCUT2D eigenvalue weighted by Gasteiger charge is -2.35. The Morgan fingerprint density at radius 1 is 1.35 bits per heavy atom. The fourth-order valence-electron chi connectivity index (χ4n) is 1.47. The highest BCUT2D eigenvalue weighted by Gasteiger charge is 2.67. The summed E-state index contributed by atoms with van der Waals surface area (Å²) < 4.78 is 0. The van der Waals surface area contributed by atoms with Crippen LogP contribution in [0.5, 0.6) is 0 Å². The highest BCUT2D eigenvalue weighted by molar-refractivity contribution is 8.00. The average molecular weight is 308 g/mol. The third-order valence-electron chi connectivity index (χ3n) is 2.76. The van der Waals surface area contributed by atoms with Crippen molar-refractivity contribution in [2.45, 2.75) is 11.7 Å². The number of carbonyl (C=O) groups excluding carboxylic acids is 1. The number of hydrogen-bond acceptors (Lipinski definition) is 8. The van der Waals surface area contributed by atoms with Gasteiger partial charge in [-0.2, -0.15) is 0 Å². The van der Waals surface area contributed by atoms with Crippen molar-refractivity contribution in [3.05, 3.63) is 20.2 Å². The lowest BCUT2D eigenvalue weighted by molar-refractivity contribution is -0.809. The number of thioether (sulfide) groups is 1. The number of rotatable bonds is 7. The fourth-order valence-corrected chi connectivity index (χ4v) is 2.35. The number of carboxylic acids is 1. The summed E-state index contributed by atoms with van der Waals surface area (Å²) in [6, 6.07) is -1.11. The van der Waals surface area contributed by atoms with Gasteiger partial charge in [0.05, 0.1) is 5.75 Å². The van der Waals surface area contributed by atoms with Gasteiger partial charge in [0, 0.05) is 5.75 Å². The number of carbonyl (C=O) groups is 2. The van der Waals surface area contributed by atoms with Crippen molar-refractivity contribution < 1.29 is 24.5 Å². The van der Waals surface area contributed by atoms with Crippen molar-refractivity contribution in [3.8, 4) is 0 Å². The minimum Gasteiger partial charge on any atom is -0.480 e. The fraction of sp³-hybridized carbons (Fsp3) is 0.750. The maximum absolute atomic E-state index is 11.6. The third kappa shape index (κ3) is 3.14. The Labute approximate surface area is 116 Å². The number of nitrogens with zero attached hydrogens (tertiary/aromatic N) is 3. The van der Waals surface area contributed by atoms with Crippen LogP contribution >= 0.6 is 11.8 Å². The second kappa shape index (κ2) is 6.00. The van der Waals surface area contributed by atoms with E-state index < -0.39 is 46.5 Å². The van der Waals surface area contributed by atoms with E-state index in [4.69, 9.17) is 10.8 Å². The maximum Gasteiger partial charge on any atom is 0.492 e. The molecule has 12 heteroatoms. The van der Waals surface area contributed by atoms with Gasteiger partial charge in [-0.25, -0.2) is 0 Å². The molecule has 1 aliphatic rings. The van der Waals surface area contributed by atoms with Crippen molar-refractivity contribution in [3.63, 3.8) is 0 Å². The first-order valence-corrected chi connectivity index (χ1v) is 6.49. The van der Waals surface area contributed by atoms with Crippen molar-refractivity contribution in [2.24, 2.45) is 5.73 Å². The van der Waals surface area contributed by atoms with Gasteiger partial charge in [-0.3, -0.25) is 29.8 Å². The number of aliphatic carboxylic acids is 1.